The summed E-state index contributed by atoms with van der Waals surface area (Å²) in [6.07, 6.45) is 0.535. The molecule has 0 spiro atoms. The third-order valence-electron chi connectivity index (χ3n) is 2.50. The molecule has 2 rings (SSSR count). The van der Waals surface area contributed by atoms with Crippen LogP contribution < -0.4 is 15.2 Å². The van der Waals surface area contributed by atoms with Gasteiger partial charge in [0.25, 0.3) is 0 Å². The highest BCUT2D eigenvalue weighted by Crippen LogP contribution is 2.28. The van der Waals surface area contributed by atoms with E-state index in [1.807, 2.05) is 18.2 Å². The lowest BCUT2D eigenvalue weighted by Crippen LogP contribution is -1.98. The Balaban J connectivity index is 2.18. The molecule has 6 nitrogen and oxygen atoms in total. The van der Waals surface area contributed by atoms with Crippen LogP contribution in [0.4, 0.5) is 0 Å². The van der Waals surface area contributed by atoms with Crippen LogP contribution in [-0.4, -0.2) is 24.4 Å². The Kier molecular flexibility index (Phi) is 3.78. The number of nitrogens with two attached hydrogens (primary N) is 1. The molecule has 0 aliphatic heterocycles. The zero-order valence-electron chi connectivity index (χ0n) is 10.3. The Labute approximate surface area is 105 Å². The first-order valence-electron chi connectivity index (χ1n) is 5.49. The average Bonchev–Trinajstić information content (AvgIpc) is 2.86. The van der Waals surface area contributed by atoms with Crippen molar-refractivity contribution >= 4 is 0 Å². The van der Waals surface area contributed by atoms with Gasteiger partial charge in [-0.15, -0.1) is 0 Å². The molecule has 1 heterocycles. The van der Waals surface area contributed by atoms with Crippen LogP contribution in [0.2, 0.25) is 0 Å². The number of ether oxygens (including phenoxy) is 2. The summed E-state index contributed by atoms with van der Waals surface area (Å²) in [6, 6.07) is 5.65. The second-order valence-corrected chi connectivity index (χ2v) is 3.67. The maximum Gasteiger partial charge on any atom is 0.231 e. The first-order chi connectivity index (χ1) is 8.76. The van der Waals surface area contributed by atoms with Crippen molar-refractivity contribution in [2.45, 2.75) is 13.0 Å². The summed E-state index contributed by atoms with van der Waals surface area (Å²) in [5.41, 5.74) is 6.42. The number of benzene rings is 1. The predicted molar refractivity (Wildman–Crippen MR) is 64.5 cm³/mol. The fraction of sp³-hybridized carbons (Fsp3) is 0.333. The fourth-order valence-corrected chi connectivity index (χ4v) is 1.61. The van der Waals surface area contributed by atoms with E-state index in [0.717, 1.165) is 5.56 Å². The van der Waals surface area contributed by atoms with E-state index < -0.39 is 0 Å². The highest BCUT2D eigenvalue weighted by Gasteiger charge is 2.09. The van der Waals surface area contributed by atoms with Gasteiger partial charge in [-0.2, -0.15) is 4.98 Å². The van der Waals surface area contributed by atoms with Crippen molar-refractivity contribution in [2.75, 3.05) is 14.2 Å². The van der Waals surface area contributed by atoms with E-state index in [-0.39, 0.29) is 6.54 Å². The van der Waals surface area contributed by atoms with Crippen LogP contribution in [0.1, 0.15) is 17.3 Å². The lowest BCUT2D eigenvalue weighted by Gasteiger charge is -2.08. The van der Waals surface area contributed by atoms with Crippen LogP contribution in [0.3, 0.4) is 0 Å². The van der Waals surface area contributed by atoms with Crippen molar-refractivity contribution in [3.8, 4) is 11.5 Å². The normalized spacial score (nSPS) is 10.4. The number of hydrogen-bond donors (Lipinski definition) is 1. The predicted octanol–water partition coefficient (Wildman–Crippen LogP) is 1.14. The molecule has 0 aliphatic carbocycles. The molecule has 0 aliphatic rings. The summed E-state index contributed by atoms with van der Waals surface area (Å²) in [5.74, 6) is 2.40. The van der Waals surface area contributed by atoms with Crippen LogP contribution in [0, 0.1) is 0 Å². The highest BCUT2D eigenvalue weighted by atomic mass is 16.5. The quantitative estimate of drug-likeness (QED) is 0.855. The standard InChI is InChI=1S/C12H15N3O3/c1-16-9-4-3-8(5-10(9)17-2)6-12-14-11(7-13)15-18-12/h3-5H,6-7,13H2,1-2H3. The first-order valence-corrected chi connectivity index (χ1v) is 5.49. The zero-order chi connectivity index (χ0) is 13.0. The molecule has 1 aromatic carbocycles. The van der Waals surface area contributed by atoms with Gasteiger partial charge in [0.15, 0.2) is 17.3 Å². The van der Waals surface area contributed by atoms with Gasteiger partial charge in [-0.05, 0) is 17.7 Å². The van der Waals surface area contributed by atoms with Gasteiger partial charge >= 0.3 is 0 Å². The molecule has 0 saturated carbocycles. The van der Waals surface area contributed by atoms with E-state index in [4.69, 9.17) is 19.7 Å². The Morgan fingerprint density at radius 2 is 2.00 bits per heavy atom. The summed E-state index contributed by atoms with van der Waals surface area (Å²) in [6.45, 7) is 0.273. The third-order valence-corrected chi connectivity index (χ3v) is 2.50. The fourth-order valence-electron chi connectivity index (χ4n) is 1.61. The summed E-state index contributed by atoms with van der Waals surface area (Å²) >= 11 is 0. The summed E-state index contributed by atoms with van der Waals surface area (Å²) in [7, 11) is 3.20. The van der Waals surface area contributed by atoms with Crippen LogP contribution in [0.5, 0.6) is 11.5 Å². The zero-order valence-corrected chi connectivity index (χ0v) is 10.3. The number of hydrogen-bond acceptors (Lipinski definition) is 6. The van der Waals surface area contributed by atoms with Crippen molar-refractivity contribution in [3.63, 3.8) is 0 Å². The molecule has 96 valence electrons. The molecule has 0 saturated heterocycles. The monoisotopic (exact) mass is 249 g/mol. The minimum absolute atomic E-state index is 0.273. The Hall–Kier alpha value is -2.08. The van der Waals surface area contributed by atoms with Crippen molar-refractivity contribution < 1.29 is 14.0 Å². The molecule has 2 aromatic rings. The molecular weight excluding hydrogens is 234 g/mol. The second kappa shape index (κ2) is 5.50. The van der Waals surface area contributed by atoms with Gasteiger partial charge in [-0.3, -0.25) is 0 Å². The van der Waals surface area contributed by atoms with Gasteiger partial charge in [0, 0.05) is 0 Å². The van der Waals surface area contributed by atoms with Gasteiger partial charge in [0.1, 0.15) is 0 Å². The van der Waals surface area contributed by atoms with Crippen molar-refractivity contribution in [1.82, 2.24) is 10.1 Å². The molecule has 0 radical (unpaired) electrons. The summed E-state index contributed by atoms with van der Waals surface area (Å²) in [5, 5.41) is 3.74. The van der Waals surface area contributed by atoms with E-state index in [1.165, 1.54) is 0 Å². The molecule has 0 fully saturated rings. The third kappa shape index (κ3) is 2.60. The SMILES string of the molecule is COc1ccc(Cc2nc(CN)no2)cc1OC. The first kappa shape index (κ1) is 12.4. The van der Waals surface area contributed by atoms with Crippen molar-refractivity contribution in [2.24, 2.45) is 5.73 Å². The van der Waals surface area contributed by atoms with Crippen LogP contribution in [0.25, 0.3) is 0 Å². The Bertz CT molecular complexity index is 525. The summed E-state index contributed by atoms with van der Waals surface area (Å²) in [4.78, 5) is 4.15. The van der Waals surface area contributed by atoms with Gasteiger partial charge in [0.05, 0.1) is 27.2 Å². The van der Waals surface area contributed by atoms with E-state index in [0.29, 0.717) is 29.6 Å². The lowest BCUT2D eigenvalue weighted by atomic mass is 10.1. The van der Waals surface area contributed by atoms with E-state index >= 15 is 0 Å². The summed E-state index contributed by atoms with van der Waals surface area (Å²) < 4.78 is 15.5. The number of aromatic nitrogens is 2. The minimum Gasteiger partial charge on any atom is -0.493 e. The lowest BCUT2D eigenvalue weighted by molar-refractivity contribution is 0.354. The molecule has 6 heteroatoms. The largest absolute Gasteiger partial charge is 0.493 e. The number of methoxy groups -OCH3 is 2. The Morgan fingerprint density at radius 3 is 2.61 bits per heavy atom. The molecular formula is C12H15N3O3. The van der Waals surface area contributed by atoms with Gasteiger partial charge < -0.3 is 19.7 Å². The maximum absolute atomic E-state index is 5.42. The van der Waals surface area contributed by atoms with Gasteiger partial charge in [0.2, 0.25) is 5.89 Å². The van der Waals surface area contributed by atoms with E-state index in [1.54, 1.807) is 14.2 Å². The smallest absolute Gasteiger partial charge is 0.231 e. The molecule has 0 atom stereocenters. The minimum atomic E-state index is 0.273. The highest BCUT2D eigenvalue weighted by molar-refractivity contribution is 5.43. The number of nitrogens with zero attached hydrogens (tertiary/aromatic N) is 2. The van der Waals surface area contributed by atoms with E-state index in [9.17, 15) is 0 Å². The molecule has 18 heavy (non-hydrogen) atoms. The molecule has 2 N–H and O–H groups in total. The van der Waals surface area contributed by atoms with Crippen LogP contribution in [0.15, 0.2) is 22.7 Å². The van der Waals surface area contributed by atoms with Crippen LogP contribution >= 0.6 is 0 Å². The van der Waals surface area contributed by atoms with Crippen LogP contribution in [-0.2, 0) is 13.0 Å². The molecule has 0 amide bonds. The van der Waals surface area contributed by atoms with Crippen molar-refractivity contribution in [1.29, 1.82) is 0 Å². The van der Waals surface area contributed by atoms with E-state index in [2.05, 4.69) is 10.1 Å². The van der Waals surface area contributed by atoms with Crippen molar-refractivity contribution in [3.05, 3.63) is 35.5 Å². The molecule has 0 unspecified atom stereocenters. The van der Waals surface area contributed by atoms with Gasteiger partial charge in [-0.25, -0.2) is 0 Å². The second-order valence-electron chi connectivity index (χ2n) is 3.67. The molecule has 1 aromatic heterocycles. The molecule has 0 bridgehead atoms. The topological polar surface area (TPSA) is 83.4 Å². The average molecular weight is 249 g/mol. The van der Waals surface area contributed by atoms with Gasteiger partial charge in [-0.1, -0.05) is 11.2 Å². The maximum atomic E-state index is 5.42. The Morgan fingerprint density at radius 1 is 1.22 bits per heavy atom. The number of rotatable bonds is 5.